The van der Waals surface area contributed by atoms with Crippen molar-refractivity contribution in [3.05, 3.63) is 59.2 Å². The summed E-state index contributed by atoms with van der Waals surface area (Å²) in [6.07, 6.45) is 4.35. The lowest BCUT2D eigenvalue weighted by Crippen LogP contribution is -2.53. The number of alkyl carbamates (subject to hydrolysis) is 1. The number of rotatable bonds is 8. The van der Waals surface area contributed by atoms with E-state index in [9.17, 15) is 24.6 Å². The maximum Gasteiger partial charge on any atom is 0.408 e. The van der Waals surface area contributed by atoms with E-state index in [1.54, 1.807) is 52.0 Å². The van der Waals surface area contributed by atoms with Gasteiger partial charge in [0.05, 0.1) is 0 Å². The van der Waals surface area contributed by atoms with Crippen LogP contribution >= 0.6 is 0 Å². The zero-order valence-corrected chi connectivity index (χ0v) is 23.5. The molecule has 0 radical (unpaired) electrons. The van der Waals surface area contributed by atoms with Crippen LogP contribution in [0.4, 0.5) is 4.79 Å². The number of ether oxygens (including phenoxy) is 1. The molecule has 2 aromatic carbocycles. The molecule has 1 saturated carbocycles. The SMILES string of the molecule is Cc1cc(C(C(=O)NC2CCCCC2)N(C)C(=O)C(Cc2ccc(O)cc2)NC(=O)OC(C)(C)C)ccc1O. The molecule has 39 heavy (non-hydrogen) atoms. The molecule has 1 aliphatic carbocycles. The maximum atomic E-state index is 14.0. The summed E-state index contributed by atoms with van der Waals surface area (Å²) in [6, 6.07) is 9.19. The molecule has 1 fully saturated rings. The molecular formula is C30H41N3O6. The third-order valence-electron chi connectivity index (χ3n) is 6.84. The standard InChI is InChI=1S/C30H41N3O6/c1-19-17-21(13-16-25(19)35)26(27(36)31-22-9-7-6-8-10-22)33(5)28(37)24(32-29(38)39-30(2,3)4)18-20-11-14-23(34)15-12-20/h11-17,22,24,26,34-35H,6-10,18H2,1-5H3,(H,31,36)(H,32,38). The number of phenols is 2. The summed E-state index contributed by atoms with van der Waals surface area (Å²) in [5.41, 5.74) is 1.07. The van der Waals surface area contributed by atoms with Crippen molar-refractivity contribution in [3.63, 3.8) is 0 Å². The molecule has 0 bridgehead atoms. The van der Waals surface area contributed by atoms with Gasteiger partial charge < -0.3 is 30.5 Å². The van der Waals surface area contributed by atoms with Crippen LogP contribution in [0, 0.1) is 6.92 Å². The Hall–Kier alpha value is -3.75. The second-order valence-electron chi connectivity index (χ2n) is 11.3. The van der Waals surface area contributed by atoms with Gasteiger partial charge in [0.2, 0.25) is 11.8 Å². The van der Waals surface area contributed by atoms with Crippen LogP contribution in [0.5, 0.6) is 11.5 Å². The first kappa shape index (κ1) is 29.8. The smallest absolute Gasteiger partial charge is 0.408 e. The van der Waals surface area contributed by atoms with Crippen LogP contribution in [0.2, 0.25) is 0 Å². The Morgan fingerprint density at radius 1 is 1.03 bits per heavy atom. The molecule has 0 spiro atoms. The third kappa shape index (κ3) is 8.63. The highest BCUT2D eigenvalue weighted by Crippen LogP contribution is 2.27. The minimum absolute atomic E-state index is 0.0307. The van der Waals surface area contributed by atoms with Gasteiger partial charge in [0.25, 0.3) is 0 Å². The van der Waals surface area contributed by atoms with Crippen molar-refractivity contribution >= 4 is 17.9 Å². The third-order valence-corrected chi connectivity index (χ3v) is 6.84. The summed E-state index contributed by atoms with van der Waals surface area (Å²) in [4.78, 5) is 41.7. The highest BCUT2D eigenvalue weighted by Gasteiger charge is 2.35. The van der Waals surface area contributed by atoms with Crippen LogP contribution < -0.4 is 10.6 Å². The number of aryl methyl sites for hydroxylation is 1. The van der Waals surface area contributed by atoms with E-state index in [1.807, 2.05) is 0 Å². The molecule has 0 aliphatic heterocycles. The van der Waals surface area contributed by atoms with Crippen molar-refractivity contribution < 1.29 is 29.3 Å². The van der Waals surface area contributed by atoms with Gasteiger partial charge in [-0.2, -0.15) is 0 Å². The van der Waals surface area contributed by atoms with Gasteiger partial charge in [-0.05, 0) is 81.5 Å². The Balaban J connectivity index is 1.92. The topological polar surface area (TPSA) is 128 Å². The number of carbonyl (C=O) groups excluding carboxylic acids is 3. The number of carbonyl (C=O) groups is 3. The van der Waals surface area contributed by atoms with Crippen molar-refractivity contribution in [3.8, 4) is 11.5 Å². The van der Waals surface area contributed by atoms with Gasteiger partial charge in [0, 0.05) is 19.5 Å². The lowest BCUT2D eigenvalue weighted by Gasteiger charge is -2.33. The fraction of sp³-hybridized carbons (Fsp3) is 0.500. The number of nitrogens with zero attached hydrogens (tertiary/aromatic N) is 1. The Bertz CT molecular complexity index is 1150. The zero-order valence-electron chi connectivity index (χ0n) is 23.5. The highest BCUT2D eigenvalue weighted by molar-refractivity contribution is 5.92. The number of amides is 3. The fourth-order valence-electron chi connectivity index (χ4n) is 4.82. The van der Waals surface area contributed by atoms with Crippen molar-refractivity contribution in [1.82, 2.24) is 15.5 Å². The molecular weight excluding hydrogens is 498 g/mol. The van der Waals surface area contributed by atoms with Gasteiger partial charge >= 0.3 is 6.09 Å². The van der Waals surface area contributed by atoms with Gasteiger partial charge in [0.1, 0.15) is 29.2 Å². The van der Waals surface area contributed by atoms with Crippen LogP contribution in [0.25, 0.3) is 0 Å². The molecule has 0 saturated heterocycles. The molecule has 1 aliphatic rings. The molecule has 0 heterocycles. The minimum Gasteiger partial charge on any atom is -0.508 e. The molecule has 2 unspecified atom stereocenters. The Kier molecular flexibility index (Phi) is 9.83. The summed E-state index contributed by atoms with van der Waals surface area (Å²) < 4.78 is 5.41. The summed E-state index contributed by atoms with van der Waals surface area (Å²) >= 11 is 0. The van der Waals surface area contributed by atoms with Gasteiger partial charge in [0.15, 0.2) is 0 Å². The normalized spacial score (nSPS) is 15.6. The second kappa shape index (κ2) is 12.9. The van der Waals surface area contributed by atoms with E-state index in [2.05, 4.69) is 10.6 Å². The van der Waals surface area contributed by atoms with E-state index < -0.39 is 29.7 Å². The molecule has 3 rings (SSSR count). The molecule has 212 valence electrons. The lowest BCUT2D eigenvalue weighted by molar-refractivity contribution is -0.141. The van der Waals surface area contributed by atoms with Crippen molar-refractivity contribution in [2.45, 2.75) is 89.9 Å². The van der Waals surface area contributed by atoms with E-state index in [0.717, 1.165) is 32.1 Å². The summed E-state index contributed by atoms with van der Waals surface area (Å²) in [7, 11) is 1.54. The number of aromatic hydroxyl groups is 2. The Morgan fingerprint density at radius 3 is 2.26 bits per heavy atom. The molecule has 0 aromatic heterocycles. The van der Waals surface area contributed by atoms with E-state index in [4.69, 9.17) is 4.74 Å². The Morgan fingerprint density at radius 2 is 1.67 bits per heavy atom. The number of likely N-dealkylation sites (N-methyl/N-ethyl adjacent to an activating group) is 1. The van der Waals surface area contributed by atoms with Gasteiger partial charge in [-0.1, -0.05) is 37.5 Å². The van der Waals surface area contributed by atoms with Gasteiger partial charge in [-0.25, -0.2) is 4.79 Å². The second-order valence-corrected chi connectivity index (χ2v) is 11.3. The van der Waals surface area contributed by atoms with E-state index in [-0.39, 0.29) is 29.9 Å². The van der Waals surface area contributed by atoms with E-state index in [0.29, 0.717) is 16.7 Å². The number of phenolic OH excluding ortho intramolecular Hbond substituents is 2. The van der Waals surface area contributed by atoms with Gasteiger partial charge in [-0.3, -0.25) is 9.59 Å². The lowest BCUT2D eigenvalue weighted by atomic mass is 9.94. The van der Waals surface area contributed by atoms with Crippen molar-refractivity contribution in [2.24, 2.45) is 0 Å². The summed E-state index contributed by atoms with van der Waals surface area (Å²) in [5.74, 6) is -0.621. The first-order valence-corrected chi connectivity index (χ1v) is 13.5. The van der Waals surface area contributed by atoms with Crippen LogP contribution in [0.3, 0.4) is 0 Å². The molecule has 2 atom stereocenters. The number of hydrogen-bond acceptors (Lipinski definition) is 6. The molecule has 9 heteroatoms. The first-order chi connectivity index (χ1) is 18.3. The highest BCUT2D eigenvalue weighted by atomic mass is 16.6. The number of hydrogen-bond donors (Lipinski definition) is 4. The predicted octanol–water partition coefficient (Wildman–Crippen LogP) is 4.49. The van der Waals surface area contributed by atoms with Crippen molar-refractivity contribution in [2.75, 3.05) is 7.05 Å². The number of benzene rings is 2. The van der Waals surface area contributed by atoms with Crippen LogP contribution in [0.1, 0.15) is 75.6 Å². The zero-order chi connectivity index (χ0) is 28.7. The van der Waals surface area contributed by atoms with Crippen LogP contribution in [-0.2, 0) is 20.7 Å². The van der Waals surface area contributed by atoms with E-state index >= 15 is 0 Å². The largest absolute Gasteiger partial charge is 0.508 e. The van der Waals surface area contributed by atoms with Crippen LogP contribution in [-0.4, -0.2) is 57.8 Å². The van der Waals surface area contributed by atoms with Gasteiger partial charge in [-0.15, -0.1) is 0 Å². The number of nitrogens with one attached hydrogen (secondary N) is 2. The quantitative estimate of drug-likeness (QED) is 0.391. The van der Waals surface area contributed by atoms with Crippen LogP contribution in [0.15, 0.2) is 42.5 Å². The van der Waals surface area contributed by atoms with Crippen molar-refractivity contribution in [1.29, 1.82) is 0 Å². The Labute approximate surface area is 230 Å². The maximum absolute atomic E-state index is 14.0. The first-order valence-electron chi connectivity index (χ1n) is 13.5. The minimum atomic E-state index is -1.04. The van der Waals surface area contributed by atoms with E-state index in [1.165, 1.54) is 30.1 Å². The monoisotopic (exact) mass is 539 g/mol. The average molecular weight is 540 g/mol. The molecule has 3 amide bonds. The molecule has 9 nitrogen and oxygen atoms in total. The molecule has 2 aromatic rings. The summed E-state index contributed by atoms with van der Waals surface area (Å²) in [6.45, 7) is 6.92. The fourth-order valence-corrected chi connectivity index (χ4v) is 4.82. The molecule has 4 N–H and O–H groups in total. The summed E-state index contributed by atoms with van der Waals surface area (Å²) in [5, 5.41) is 25.5. The average Bonchev–Trinajstić information content (AvgIpc) is 2.86. The predicted molar refractivity (Wildman–Crippen MR) is 148 cm³/mol.